The number of benzene rings is 1. The number of amides is 1. The van der Waals surface area contributed by atoms with E-state index in [9.17, 15) is 13.2 Å². The molecule has 0 spiro atoms. The molecule has 0 bridgehead atoms. The van der Waals surface area contributed by atoms with Gasteiger partial charge in [-0.3, -0.25) is 4.79 Å². The number of likely N-dealkylation sites (tertiary alicyclic amines) is 1. The molecule has 1 saturated heterocycles. The summed E-state index contributed by atoms with van der Waals surface area (Å²) in [6.07, 6.45) is 3.47. The average Bonchev–Trinajstić information content (AvgIpc) is 2.93. The molecule has 0 aliphatic carbocycles. The van der Waals surface area contributed by atoms with E-state index in [4.69, 9.17) is 0 Å². The Bertz CT molecular complexity index is 956. The number of sulfonamides is 1. The van der Waals surface area contributed by atoms with Gasteiger partial charge in [-0.1, -0.05) is 31.5 Å². The maximum atomic E-state index is 12.8. The zero-order valence-corrected chi connectivity index (χ0v) is 18.6. The zero-order chi connectivity index (χ0) is 21.2. The number of unbranched alkanes of at least 4 members (excludes halogenated alkanes) is 1. The van der Waals surface area contributed by atoms with Gasteiger partial charge in [0.1, 0.15) is 10.7 Å². The third-order valence-corrected chi connectivity index (χ3v) is 7.38. The fraction of sp³-hybridized carbons (Fsp3) is 0.545. The minimum Gasteiger partial charge on any atom is -0.356 e. The summed E-state index contributed by atoms with van der Waals surface area (Å²) in [5.41, 5.74) is 3.57. The third-order valence-electron chi connectivity index (χ3n) is 5.90. The summed E-state index contributed by atoms with van der Waals surface area (Å²) in [5, 5.41) is 3.00. The first kappa shape index (κ1) is 21.6. The van der Waals surface area contributed by atoms with E-state index < -0.39 is 10.0 Å². The lowest BCUT2D eigenvalue weighted by Crippen LogP contribution is -2.43. The number of carbonyl (C=O) groups is 1. The molecule has 1 aromatic carbocycles. The summed E-state index contributed by atoms with van der Waals surface area (Å²) < 4.78 is 29.7. The third kappa shape index (κ3) is 4.55. The molecule has 0 radical (unpaired) electrons. The molecule has 0 atom stereocenters. The van der Waals surface area contributed by atoms with Crippen molar-refractivity contribution < 1.29 is 13.2 Å². The smallest absolute Gasteiger partial charge is 0.285 e. The average molecular weight is 418 g/mol. The summed E-state index contributed by atoms with van der Waals surface area (Å²) in [7, 11) is -3.72. The maximum absolute atomic E-state index is 12.8. The van der Waals surface area contributed by atoms with Gasteiger partial charge in [0.05, 0.1) is 0 Å². The van der Waals surface area contributed by atoms with Crippen molar-refractivity contribution in [1.82, 2.24) is 10.2 Å². The van der Waals surface area contributed by atoms with Crippen molar-refractivity contribution in [2.75, 3.05) is 19.6 Å². The molecule has 29 heavy (non-hydrogen) atoms. The van der Waals surface area contributed by atoms with Crippen molar-refractivity contribution in [2.24, 2.45) is 10.3 Å². The van der Waals surface area contributed by atoms with Crippen LogP contribution in [0.3, 0.4) is 0 Å². The molecule has 1 amide bonds. The molecule has 2 aliphatic heterocycles. The van der Waals surface area contributed by atoms with Crippen molar-refractivity contribution in [1.29, 1.82) is 0 Å². The van der Waals surface area contributed by atoms with Crippen molar-refractivity contribution in [3.05, 3.63) is 40.5 Å². The van der Waals surface area contributed by atoms with Gasteiger partial charge in [-0.25, -0.2) is 0 Å². The molecule has 0 aromatic heterocycles. The molecule has 1 N–H and O–H groups in total. The van der Waals surface area contributed by atoms with Crippen molar-refractivity contribution in [3.8, 4) is 0 Å². The van der Waals surface area contributed by atoms with Crippen LogP contribution in [0.2, 0.25) is 0 Å². The van der Waals surface area contributed by atoms with Gasteiger partial charge >= 0.3 is 0 Å². The molecule has 1 aromatic rings. The SMILES string of the molecule is CCCCNC(=O)C1CCN(C2=NS(=O)(=O)C(c3ccc(C)c(C)c3)=C2C)CC1. The van der Waals surface area contributed by atoms with E-state index in [1.54, 1.807) is 0 Å². The molecule has 2 heterocycles. The number of aryl methyl sites for hydroxylation is 2. The van der Waals surface area contributed by atoms with Gasteiger partial charge in [0.15, 0.2) is 0 Å². The standard InChI is InChI=1S/C22H31N3O3S/c1-5-6-11-23-22(26)18-9-12-25(13-10-18)21-17(4)20(29(27,28)24-21)19-8-7-15(2)16(3)14-19/h7-8,14,18H,5-6,9-13H2,1-4H3,(H,23,26). The summed E-state index contributed by atoms with van der Waals surface area (Å²) in [6.45, 7) is 9.92. The first-order chi connectivity index (χ1) is 13.7. The topological polar surface area (TPSA) is 78.8 Å². The highest BCUT2D eigenvalue weighted by molar-refractivity contribution is 8.00. The van der Waals surface area contributed by atoms with Crippen LogP contribution in [0.15, 0.2) is 28.2 Å². The van der Waals surface area contributed by atoms with Gasteiger partial charge in [0.25, 0.3) is 10.0 Å². The minimum atomic E-state index is -3.72. The summed E-state index contributed by atoms with van der Waals surface area (Å²) in [6, 6.07) is 5.71. The summed E-state index contributed by atoms with van der Waals surface area (Å²) >= 11 is 0. The molecule has 1 fully saturated rings. The van der Waals surface area contributed by atoms with Crippen LogP contribution in [0.25, 0.3) is 4.91 Å². The molecule has 158 valence electrons. The Labute approximate surface area is 174 Å². The molecular weight excluding hydrogens is 386 g/mol. The normalized spacial score (nSPS) is 19.4. The number of nitrogens with one attached hydrogen (secondary N) is 1. The van der Waals surface area contributed by atoms with Crippen LogP contribution in [-0.4, -0.2) is 44.7 Å². The molecule has 0 saturated carbocycles. The lowest BCUT2D eigenvalue weighted by atomic mass is 9.95. The van der Waals surface area contributed by atoms with E-state index in [1.807, 2.05) is 43.9 Å². The lowest BCUT2D eigenvalue weighted by molar-refractivity contribution is -0.126. The van der Waals surface area contributed by atoms with Crippen LogP contribution in [0.4, 0.5) is 0 Å². The first-order valence-electron chi connectivity index (χ1n) is 10.4. The Hall–Kier alpha value is -2.15. The van der Waals surface area contributed by atoms with Crippen molar-refractivity contribution in [3.63, 3.8) is 0 Å². The van der Waals surface area contributed by atoms with Crippen molar-refractivity contribution >= 4 is 26.7 Å². The van der Waals surface area contributed by atoms with Crippen LogP contribution in [0.5, 0.6) is 0 Å². The Kier molecular flexibility index (Phi) is 6.46. The Morgan fingerprint density at radius 2 is 1.86 bits per heavy atom. The summed E-state index contributed by atoms with van der Waals surface area (Å²) in [5.74, 6) is 0.635. The number of hydrogen-bond acceptors (Lipinski definition) is 4. The number of nitrogens with zero attached hydrogens (tertiary/aromatic N) is 2. The van der Waals surface area contributed by atoms with E-state index >= 15 is 0 Å². The second kappa shape index (κ2) is 8.69. The Morgan fingerprint density at radius 3 is 2.48 bits per heavy atom. The second-order valence-electron chi connectivity index (χ2n) is 8.05. The van der Waals surface area contributed by atoms with E-state index in [0.717, 1.165) is 30.5 Å². The van der Waals surface area contributed by atoms with E-state index in [0.29, 0.717) is 47.8 Å². The monoisotopic (exact) mass is 417 g/mol. The van der Waals surface area contributed by atoms with Crippen LogP contribution in [0, 0.1) is 19.8 Å². The van der Waals surface area contributed by atoms with Crippen LogP contribution in [0.1, 0.15) is 56.2 Å². The highest BCUT2D eigenvalue weighted by Gasteiger charge is 2.35. The Balaban J connectivity index is 1.74. The van der Waals surface area contributed by atoms with Crippen molar-refractivity contribution in [2.45, 2.75) is 53.4 Å². The fourth-order valence-electron chi connectivity index (χ4n) is 3.95. The maximum Gasteiger partial charge on any atom is 0.285 e. The number of rotatable bonds is 5. The van der Waals surface area contributed by atoms with Crippen LogP contribution >= 0.6 is 0 Å². The van der Waals surface area contributed by atoms with Gasteiger partial charge in [-0.2, -0.15) is 8.42 Å². The molecule has 6 nitrogen and oxygen atoms in total. The number of hydrogen-bond donors (Lipinski definition) is 1. The van der Waals surface area contributed by atoms with Gasteiger partial charge in [-0.05, 0) is 56.7 Å². The van der Waals surface area contributed by atoms with Gasteiger partial charge in [-0.15, -0.1) is 4.40 Å². The Morgan fingerprint density at radius 1 is 1.17 bits per heavy atom. The highest BCUT2D eigenvalue weighted by Crippen LogP contribution is 2.35. The van der Waals surface area contributed by atoms with E-state index in [-0.39, 0.29) is 11.8 Å². The second-order valence-corrected chi connectivity index (χ2v) is 9.59. The number of piperidine rings is 1. The van der Waals surface area contributed by atoms with Crippen LogP contribution in [-0.2, 0) is 14.8 Å². The molecule has 2 aliphatic rings. The molecule has 7 heteroatoms. The molecule has 3 rings (SSSR count). The lowest BCUT2D eigenvalue weighted by Gasteiger charge is -2.32. The predicted molar refractivity (Wildman–Crippen MR) is 117 cm³/mol. The minimum absolute atomic E-state index is 0.00906. The fourth-order valence-corrected chi connectivity index (χ4v) is 5.43. The molecular formula is C22H31N3O3S. The van der Waals surface area contributed by atoms with E-state index in [2.05, 4.69) is 16.6 Å². The highest BCUT2D eigenvalue weighted by atomic mass is 32.2. The van der Waals surface area contributed by atoms with Crippen LogP contribution < -0.4 is 5.32 Å². The number of carbonyl (C=O) groups excluding carboxylic acids is 1. The van der Waals surface area contributed by atoms with Gasteiger partial charge in [0, 0.05) is 31.1 Å². The largest absolute Gasteiger partial charge is 0.356 e. The van der Waals surface area contributed by atoms with Gasteiger partial charge < -0.3 is 10.2 Å². The van der Waals surface area contributed by atoms with E-state index in [1.165, 1.54) is 0 Å². The van der Waals surface area contributed by atoms with Gasteiger partial charge in [0.2, 0.25) is 5.91 Å². The predicted octanol–water partition coefficient (Wildman–Crippen LogP) is 3.40. The first-order valence-corrected chi connectivity index (χ1v) is 11.8. The molecule has 0 unspecified atom stereocenters. The number of amidine groups is 1. The summed E-state index contributed by atoms with van der Waals surface area (Å²) in [4.78, 5) is 14.6. The zero-order valence-electron chi connectivity index (χ0n) is 17.8. The quantitative estimate of drug-likeness (QED) is 0.745.